The molecule has 0 unspecified atom stereocenters. The van der Waals surface area contributed by atoms with Gasteiger partial charge in [-0.15, -0.1) is 12.4 Å². The molecule has 1 aliphatic rings. The lowest BCUT2D eigenvalue weighted by Crippen LogP contribution is -2.45. The van der Waals surface area contributed by atoms with E-state index in [-0.39, 0.29) is 35.9 Å². The lowest BCUT2D eigenvalue weighted by Gasteiger charge is -2.37. The second kappa shape index (κ2) is 8.92. The minimum absolute atomic E-state index is 0. The van der Waals surface area contributed by atoms with Crippen molar-refractivity contribution < 1.29 is 10.2 Å². The summed E-state index contributed by atoms with van der Waals surface area (Å²) in [6.45, 7) is 17.0. The summed E-state index contributed by atoms with van der Waals surface area (Å²) >= 11 is 0. The molecular weight excluding hydrogens is 348 g/mol. The summed E-state index contributed by atoms with van der Waals surface area (Å²) in [5.74, 6) is 0.400. The highest BCUT2D eigenvalue weighted by atomic mass is 35.5. The SMILES string of the molecule is CC(C)(C)c1cc([C@H](CCO)N2CCNCC2)c(O)c(C(C)(C)C)c1.Cl. The minimum Gasteiger partial charge on any atom is -0.507 e. The Bertz CT molecular complexity index is 585. The van der Waals surface area contributed by atoms with E-state index in [9.17, 15) is 10.2 Å². The third kappa shape index (κ3) is 5.35. The van der Waals surface area contributed by atoms with E-state index in [0.29, 0.717) is 12.2 Å². The standard InChI is InChI=1S/C21H36N2O2.ClH/c1-20(2,3)15-13-16(19(25)17(14-15)21(4,5)6)18(7-12-24)23-10-8-22-9-11-23;/h13-14,18,22,24-25H,7-12H2,1-6H3;1H/t18-;/m0./s1. The molecule has 26 heavy (non-hydrogen) atoms. The number of hydrogen-bond donors (Lipinski definition) is 3. The van der Waals surface area contributed by atoms with Crippen molar-refractivity contribution >= 4 is 12.4 Å². The molecule has 1 saturated heterocycles. The Kier molecular flexibility index (Phi) is 7.97. The molecule has 5 heteroatoms. The molecule has 2 rings (SSSR count). The topological polar surface area (TPSA) is 55.7 Å². The van der Waals surface area contributed by atoms with Crippen molar-refractivity contribution in [3.8, 4) is 5.75 Å². The van der Waals surface area contributed by atoms with Gasteiger partial charge in [-0.05, 0) is 34.4 Å². The number of nitrogens with zero attached hydrogens (tertiary/aromatic N) is 1. The Morgan fingerprint density at radius 2 is 1.62 bits per heavy atom. The Morgan fingerprint density at radius 3 is 2.08 bits per heavy atom. The van der Waals surface area contributed by atoms with Crippen molar-refractivity contribution in [1.29, 1.82) is 0 Å². The number of rotatable bonds is 4. The quantitative estimate of drug-likeness (QED) is 0.740. The summed E-state index contributed by atoms with van der Waals surface area (Å²) in [4.78, 5) is 2.39. The Balaban J connectivity index is 0.00000338. The highest BCUT2D eigenvalue weighted by Gasteiger charge is 2.30. The fourth-order valence-corrected chi connectivity index (χ4v) is 3.57. The Hall–Kier alpha value is -0.810. The van der Waals surface area contributed by atoms with Crippen LogP contribution in [0, 0.1) is 0 Å². The van der Waals surface area contributed by atoms with Gasteiger partial charge in [-0.2, -0.15) is 0 Å². The number of aliphatic hydroxyl groups is 1. The van der Waals surface area contributed by atoms with E-state index in [1.807, 2.05) is 0 Å². The molecule has 0 saturated carbocycles. The van der Waals surface area contributed by atoms with E-state index in [1.165, 1.54) is 5.56 Å². The van der Waals surface area contributed by atoms with Crippen molar-refractivity contribution in [3.05, 3.63) is 28.8 Å². The molecule has 0 aromatic heterocycles. The first kappa shape index (κ1) is 23.2. The molecule has 1 aromatic rings. The molecular formula is C21H37ClN2O2. The summed E-state index contributed by atoms with van der Waals surface area (Å²) in [6.07, 6.45) is 0.644. The van der Waals surface area contributed by atoms with E-state index < -0.39 is 0 Å². The van der Waals surface area contributed by atoms with Crippen LogP contribution in [-0.2, 0) is 10.8 Å². The summed E-state index contributed by atoms with van der Waals surface area (Å²) in [7, 11) is 0. The molecule has 1 heterocycles. The van der Waals surface area contributed by atoms with Gasteiger partial charge in [-0.25, -0.2) is 0 Å². The van der Waals surface area contributed by atoms with Crippen molar-refractivity contribution in [2.45, 2.75) is 64.8 Å². The number of nitrogens with one attached hydrogen (secondary N) is 1. The van der Waals surface area contributed by atoms with Gasteiger partial charge >= 0.3 is 0 Å². The first-order valence-electron chi connectivity index (χ1n) is 9.49. The van der Waals surface area contributed by atoms with Gasteiger partial charge in [0.25, 0.3) is 0 Å². The average Bonchev–Trinajstić information content (AvgIpc) is 2.52. The monoisotopic (exact) mass is 384 g/mol. The summed E-state index contributed by atoms with van der Waals surface area (Å²) in [6, 6.07) is 4.37. The van der Waals surface area contributed by atoms with Gasteiger partial charge in [-0.1, -0.05) is 47.6 Å². The molecule has 1 aromatic carbocycles. The second-order valence-corrected chi connectivity index (χ2v) is 9.28. The zero-order valence-corrected chi connectivity index (χ0v) is 18.0. The van der Waals surface area contributed by atoms with Gasteiger partial charge in [-0.3, -0.25) is 4.90 Å². The fourth-order valence-electron chi connectivity index (χ4n) is 3.57. The maximum atomic E-state index is 11.1. The third-order valence-corrected chi connectivity index (χ3v) is 5.17. The number of phenolic OH excluding ortho intramolecular Hbond substituents is 1. The van der Waals surface area contributed by atoms with Crippen LogP contribution in [0.4, 0.5) is 0 Å². The van der Waals surface area contributed by atoms with Crippen molar-refractivity contribution in [2.24, 2.45) is 0 Å². The van der Waals surface area contributed by atoms with E-state index in [1.54, 1.807) is 0 Å². The van der Waals surface area contributed by atoms with Crippen LogP contribution < -0.4 is 5.32 Å². The highest BCUT2D eigenvalue weighted by Crippen LogP contribution is 2.42. The predicted molar refractivity (Wildman–Crippen MR) is 112 cm³/mol. The number of halogens is 1. The number of benzene rings is 1. The van der Waals surface area contributed by atoms with Gasteiger partial charge in [0.15, 0.2) is 0 Å². The van der Waals surface area contributed by atoms with Crippen molar-refractivity contribution in [3.63, 3.8) is 0 Å². The van der Waals surface area contributed by atoms with Crippen LogP contribution in [0.2, 0.25) is 0 Å². The number of hydrogen-bond acceptors (Lipinski definition) is 4. The molecule has 0 spiro atoms. The molecule has 0 amide bonds. The third-order valence-electron chi connectivity index (χ3n) is 5.17. The number of phenols is 1. The largest absolute Gasteiger partial charge is 0.507 e. The molecule has 0 radical (unpaired) electrons. The van der Waals surface area contributed by atoms with Crippen LogP contribution in [0.5, 0.6) is 5.75 Å². The van der Waals surface area contributed by atoms with Gasteiger partial charge in [0.1, 0.15) is 5.75 Å². The first-order valence-corrected chi connectivity index (χ1v) is 9.49. The van der Waals surface area contributed by atoms with Gasteiger partial charge < -0.3 is 15.5 Å². The summed E-state index contributed by atoms with van der Waals surface area (Å²) < 4.78 is 0. The number of aliphatic hydroxyl groups excluding tert-OH is 1. The van der Waals surface area contributed by atoms with E-state index in [4.69, 9.17) is 0 Å². The fraction of sp³-hybridized carbons (Fsp3) is 0.714. The van der Waals surface area contributed by atoms with Gasteiger partial charge in [0.05, 0.1) is 0 Å². The zero-order valence-electron chi connectivity index (χ0n) is 17.2. The molecule has 1 atom stereocenters. The molecule has 1 aliphatic heterocycles. The van der Waals surface area contributed by atoms with E-state index in [2.05, 4.69) is 63.9 Å². The molecule has 0 bridgehead atoms. The smallest absolute Gasteiger partial charge is 0.124 e. The van der Waals surface area contributed by atoms with E-state index in [0.717, 1.165) is 37.3 Å². The van der Waals surface area contributed by atoms with Crippen LogP contribution in [0.1, 0.15) is 70.7 Å². The second-order valence-electron chi connectivity index (χ2n) is 9.28. The lowest BCUT2D eigenvalue weighted by atomic mass is 9.77. The van der Waals surface area contributed by atoms with Crippen LogP contribution in [0.3, 0.4) is 0 Å². The number of aromatic hydroxyl groups is 1. The van der Waals surface area contributed by atoms with Crippen molar-refractivity contribution in [2.75, 3.05) is 32.8 Å². The van der Waals surface area contributed by atoms with Crippen LogP contribution in [-0.4, -0.2) is 47.9 Å². The summed E-state index contributed by atoms with van der Waals surface area (Å²) in [5, 5.41) is 24.2. The first-order chi connectivity index (χ1) is 11.6. The predicted octanol–water partition coefficient (Wildman–Crippen LogP) is 3.74. The van der Waals surface area contributed by atoms with Crippen LogP contribution in [0.15, 0.2) is 12.1 Å². The van der Waals surface area contributed by atoms with Gasteiger partial charge in [0.2, 0.25) is 0 Å². The molecule has 150 valence electrons. The molecule has 1 fully saturated rings. The van der Waals surface area contributed by atoms with Crippen LogP contribution in [0.25, 0.3) is 0 Å². The maximum Gasteiger partial charge on any atom is 0.124 e. The lowest BCUT2D eigenvalue weighted by molar-refractivity contribution is 0.139. The zero-order chi connectivity index (χ0) is 18.8. The average molecular weight is 385 g/mol. The van der Waals surface area contributed by atoms with Crippen molar-refractivity contribution in [1.82, 2.24) is 10.2 Å². The number of piperazine rings is 1. The molecule has 0 aliphatic carbocycles. The maximum absolute atomic E-state index is 11.1. The highest BCUT2D eigenvalue weighted by molar-refractivity contribution is 5.85. The normalized spacial score (nSPS) is 17.7. The van der Waals surface area contributed by atoms with E-state index >= 15 is 0 Å². The van der Waals surface area contributed by atoms with Gasteiger partial charge in [0, 0.05) is 44.4 Å². The van der Waals surface area contributed by atoms with Crippen LogP contribution >= 0.6 is 12.4 Å². The summed E-state index contributed by atoms with van der Waals surface area (Å²) in [5.41, 5.74) is 3.08. The Morgan fingerprint density at radius 1 is 1.04 bits per heavy atom. The Labute approximate surface area is 165 Å². The molecule has 3 N–H and O–H groups in total. The minimum atomic E-state index is -0.132. The molecule has 4 nitrogen and oxygen atoms in total.